The Bertz CT molecular complexity index is 377. The Balaban J connectivity index is 1.85. The van der Waals surface area contributed by atoms with E-state index in [1.165, 1.54) is 19.3 Å². The average Bonchev–Trinajstić information content (AvgIpc) is 2.47. The topological polar surface area (TPSA) is 29.5 Å². The molecule has 1 fully saturated rings. The maximum atomic E-state index is 12.6. The van der Waals surface area contributed by atoms with Gasteiger partial charge in [-0.1, -0.05) is 26.0 Å². The van der Waals surface area contributed by atoms with Gasteiger partial charge >= 0.3 is 0 Å². The highest BCUT2D eigenvalue weighted by Gasteiger charge is 2.37. The lowest BCUT2D eigenvalue weighted by molar-refractivity contribution is -0.146. The van der Waals surface area contributed by atoms with Gasteiger partial charge in [-0.05, 0) is 56.8 Å². The summed E-state index contributed by atoms with van der Waals surface area (Å²) in [6.07, 6.45) is 11.3. The molecule has 3 heteroatoms. The summed E-state index contributed by atoms with van der Waals surface area (Å²) in [7, 11) is 0. The molecule has 2 atom stereocenters. The van der Waals surface area contributed by atoms with Crippen LogP contribution in [0.1, 0.15) is 59.3 Å². The lowest BCUT2D eigenvalue weighted by Crippen LogP contribution is -2.49. The molecule has 2 aliphatic rings. The van der Waals surface area contributed by atoms with E-state index in [1.54, 1.807) is 0 Å². The molecule has 2 rings (SSSR count). The van der Waals surface area contributed by atoms with Gasteiger partial charge in [0, 0.05) is 19.7 Å². The van der Waals surface area contributed by atoms with Gasteiger partial charge in [0.2, 0.25) is 0 Å². The van der Waals surface area contributed by atoms with E-state index in [2.05, 4.69) is 30.9 Å². The fourth-order valence-electron chi connectivity index (χ4n) is 3.52. The van der Waals surface area contributed by atoms with Crippen molar-refractivity contribution in [3.8, 4) is 0 Å². The van der Waals surface area contributed by atoms with E-state index in [1.807, 2.05) is 6.92 Å². The normalized spacial score (nSPS) is 27.3. The minimum Gasteiger partial charge on any atom is -0.369 e. The van der Waals surface area contributed by atoms with Crippen molar-refractivity contribution in [2.45, 2.75) is 65.4 Å². The monoisotopic (exact) mass is 293 g/mol. The minimum absolute atomic E-state index is 0.187. The number of allylic oxidation sites excluding steroid dienone is 2. The Kier molecular flexibility index (Phi) is 5.86. The first-order valence-corrected chi connectivity index (χ1v) is 8.58. The van der Waals surface area contributed by atoms with E-state index >= 15 is 0 Å². The standard InChI is InChI=1S/C18H31NO2/c1-15(2)8-13-21-16(3)17(20)19-12-7-11-18(14-19)9-5-4-6-10-18/h4-5,15-16H,6-14H2,1-3H3/t16-,18-/m1/s1. The average molecular weight is 293 g/mol. The van der Waals surface area contributed by atoms with Gasteiger partial charge < -0.3 is 9.64 Å². The predicted molar refractivity (Wildman–Crippen MR) is 86.1 cm³/mol. The number of likely N-dealkylation sites (tertiary alicyclic amines) is 1. The van der Waals surface area contributed by atoms with Crippen LogP contribution in [0.4, 0.5) is 0 Å². The second-order valence-electron chi connectivity index (χ2n) is 7.27. The number of rotatable bonds is 5. The molecule has 1 aliphatic heterocycles. The van der Waals surface area contributed by atoms with Gasteiger partial charge in [0.15, 0.2) is 0 Å². The first-order valence-electron chi connectivity index (χ1n) is 8.58. The zero-order valence-electron chi connectivity index (χ0n) is 13.9. The van der Waals surface area contributed by atoms with Gasteiger partial charge in [0.05, 0.1) is 0 Å². The van der Waals surface area contributed by atoms with Gasteiger partial charge in [-0.25, -0.2) is 0 Å². The quantitative estimate of drug-likeness (QED) is 0.722. The number of ether oxygens (including phenoxy) is 1. The highest BCUT2D eigenvalue weighted by Crippen LogP contribution is 2.40. The molecule has 1 amide bonds. The summed E-state index contributed by atoms with van der Waals surface area (Å²) in [5.74, 6) is 0.812. The Labute approximate surface area is 129 Å². The molecule has 1 heterocycles. The molecule has 0 saturated carbocycles. The van der Waals surface area contributed by atoms with Crippen molar-refractivity contribution < 1.29 is 9.53 Å². The molecular formula is C18H31NO2. The van der Waals surface area contributed by atoms with Gasteiger partial charge in [0.1, 0.15) is 6.10 Å². The molecule has 0 aromatic rings. The first-order chi connectivity index (χ1) is 10.0. The van der Waals surface area contributed by atoms with Crippen LogP contribution in [0.2, 0.25) is 0 Å². The fraction of sp³-hybridized carbons (Fsp3) is 0.833. The second-order valence-corrected chi connectivity index (χ2v) is 7.27. The van der Waals surface area contributed by atoms with Gasteiger partial charge in [-0.2, -0.15) is 0 Å². The van der Waals surface area contributed by atoms with Crippen molar-refractivity contribution >= 4 is 5.91 Å². The van der Waals surface area contributed by atoms with Crippen molar-refractivity contribution in [1.82, 2.24) is 4.90 Å². The SMILES string of the molecule is CC(C)CCO[C@H](C)C(=O)N1CCC[C@]2(CC=CCC2)C1. The number of carbonyl (C=O) groups excluding carboxylic acids is 1. The third-order valence-corrected chi connectivity index (χ3v) is 4.94. The summed E-state index contributed by atoms with van der Waals surface area (Å²) in [5.41, 5.74) is 0.348. The number of nitrogens with zero attached hydrogens (tertiary/aromatic N) is 1. The van der Waals surface area contributed by atoms with E-state index in [0.717, 1.165) is 32.4 Å². The molecule has 0 aromatic heterocycles. The van der Waals surface area contributed by atoms with Crippen LogP contribution in [-0.4, -0.2) is 36.6 Å². The number of carbonyl (C=O) groups is 1. The first kappa shape index (κ1) is 16.5. The van der Waals surface area contributed by atoms with Crippen LogP contribution >= 0.6 is 0 Å². The second kappa shape index (κ2) is 7.44. The van der Waals surface area contributed by atoms with Crippen molar-refractivity contribution in [1.29, 1.82) is 0 Å². The van der Waals surface area contributed by atoms with E-state index in [9.17, 15) is 4.79 Å². The highest BCUT2D eigenvalue weighted by atomic mass is 16.5. The summed E-state index contributed by atoms with van der Waals surface area (Å²) in [6, 6.07) is 0. The fourth-order valence-corrected chi connectivity index (χ4v) is 3.52. The summed E-state index contributed by atoms with van der Waals surface area (Å²) in [6.45, 7) is 8.79. The Morgan fingerprint density at radius 1 is 1.29 bits per heavy atom. The largest absolute Gasteiger partial charge is 0.369 e. The van der Waals surface area contributed by atoms with Crippen LogP contribution < -0.4 is 0 Å². The van der Waals surface area contributed by atoms with Crippen molar-refractivity contribution in [3.63, 3.8) is 0 Å². The number of piperidine rings is 1. The van der Waals surface area contributed by atoms with E-state index in [0.29, 0.717) is 17.9 Å². The van der Waals surface area contributed by atoms with E-state index < -0.39 is 0 Å². The third-order valence-electron chi connectivity index (χ3n) is 4.94. The van der Waals surface area contributed by atoms with Crippen molar-refractivity contribution in [3.05, 3.63) is 12.2 Å². The lowest BCUT2D eigenvalue weighted by atomic mass is 9.71. The Hall–Kier alpha value is -0.830. The smallest absolute Gasteiger partial charge is 0.251 e. The third kappa shape index (κ3) is 4.57. The molecule has 21 heavy (non-hydrogen) atoms. The molecule has 0 aromatic carbocycles. The van der Waals surface area contributed by atoms with Gasteiger partial charge in [0.25, 0.3) is 5.91 Å². The zero-order valence-corrected chi connectivity index (χ0v) is 13.9. The van der Waals surface area contributed by atoms with Crippen LogP contribution in [-0.2, 0) is 9.53 Å². The Morgan fingerprint density at radius 3 is 2.76 bits per heavy atom. The molecule has 120 valence electrons. The summed E-state index contributed by atoms with van der Waals surface area (Å²) in [4.78, 5) is 14.6. The highest BCUT2D eigenvalue weighted by molar-refractivity contribution is 5.80. The van der Waals surface area contributed by atoms with Crippen LogP contribution in [0.15, 0.2) is 12.2 Å². The Morgan fingerprint density at radius 2 is 2.10 bits per heavy atom. The van der Waals surface area contributed by atoms with Crippen LogP contribution in [0.25, 0.3) is 0 Å². The van der Waals surface area contributed by atoms with Gasteiger partial charge in [-0.15, -0.1) is 0 Å². The lowest BCUT2D eigenvalue weighted by Gasteiger charge is -2.44. The zero-order chi connectivity index (χ0) is 15.3. The molecule has 1 saturated heterocycles. The van der Waals surface area contributed by atoms with Gasteiger partial charge in [-0.3, -0.25) is 4.79 Å². The maximum Gasteiger partial charge on any atom is 0.251 e. The molecule has 0 bridgehead atoms. The molecule has 3 nitrogen and oxygen atoms in total. The molecule has 1 spiro atoms. The van der Waals surface area contributed by atoms with Crippen molar-refractivity contribution in [2.24, 2.45) is 11.3 Å². The van der Waals surface area contributed by atoms with Crippen molar-refractivity contribution in [2.75, 3.05) is 19.7 Å². The maximum absolute atomic E-state index is 12.6. The molecule has 0 N–H and O–H groups in total. The summed E-state index contributed by atoms with van der Waals surface area (Å²) >= 11 is 0. The van der Waals surface area contributed by atoms with Crippen LogP contribution in [0, 0.1) is 11.3 Å². The summed E-state index contributed by atoms with van der Waals surface area (Å²) < 4.78 is 5.74. The molecule has 0 unspecified atom stereocenters. The van der Waals surface area contributed by atoms with E-state index in [4.69, 9.17) is 4.74 Å². The number of hydrogen-bond donors (Lipinski definition) is 0. The van der Waals surface area contributed by atoms with Crippen LogP contribution in [0.5, 0.6) is 0 Å². The predicted octanol–water partition coefficient (Wildman–Crippen LogP) is 3.79. The molecule has 1 aliphatic carbocycles. The van der Waals surface area contributed by atoms with E-state index in [-0.39, 0.29) is 12.0 Å². The summed E-state index contributed by atoms with van der Waals surface area (Å²) in [5, 5.41) is 0. The van der Waals surface area contributed by atoms with Crippen LogP contribution in [0.3, 0.4) is 0 Å². The molecule has 0 radical (unpaired) electrons. The number of hydrogen-bond acceptors (Lipinski definition) is 2. The number of amides is 1. The molecular weight excluding hydrogens is 262 g/mol. The minimum atomic E-state index is -0.293.